The maximum Gasteiger partial charge on any atom is 0.416 e. The zero-order valence-corrected chi connectivity index (χ0v) is 16.4. The topological polar surface area (TPSA) is 87.3 Å². The molecular formula is C17H23F3N4O3S. The van der Waals surface area contributed by atoms with Crippen molar-refractivity contribution in [3.8, 4) is 6.01 Å². The number of alkyl halides is 3. The molecule has 0 bridgehead atoms. The highest BCUT2D eigenvalue weighted by molar-refractivity contribution is 7.87. The molecule has 1 aromatic carbocycles. The molecule has 0 radical (unpaired) electrons. The number of hydrogen-bond donors (Lipinski definition) is 2. The minimum atomic E-state index is -4.41. The van der Waals surface area contributed by atoms with E-state index in [9.17, 15) is 21.6 Å². The highest BCUT2D eigenvalue weighted by Crippen LogP contribution is 2.32. The van der Waals surface area contributed by atoms with Gasteiger partial charge >= 0.3 is 6.18 Å². The van der Waals surface area contributed by atoms with Crippen LogP contribution in [-0.4, -0.2) is 49.4 Å². The summed E-state index contributed by atoms with van der Waals surface area (Å²) in [6, 6.07) is 3.52. The molecule has 3 rings (SSSR count). The van der Waals surface area contributed by atoms with Gasteiger partial charge in [0.25, 0.3) is 16.2 Å². The second-order valence-electron chi connectivity index (χ2n) is 7.17. The summed E-state index contributed by atoms with van der Waals surface area (Å²) in [6.45, 7) is 0.373. The van der Waals surface area contributed by atoms with E-state index in [0.717, 1.165) is 42.1 Å². The number of fused-ring (bicyclic) bond motifs is 1. The lowest BCUT2D eigenvalue weighted by molar-refractivity contribution is -0.137. The van der Waals surface area contributed by atoms with E-state index in [1.165, 1.54) is 20.2 Å². The van der Waals surface area contributed by atoms with Crippen LogP contribution in [0.5, 0.6) is 6.01 Å². The van der Waals surface area contributed by atoms with Crippen LogP contribution < -0.4 is 9.46 Å². The van der Waals surface area contributed by atoms with E-state index in [2.05, 4.69) is 14.7 Å². The Morgan fingerprint density at radius 1 is 1.25 bits per heavy atom. The van der Waals surface area contributed by atoms with Gasteiger partial charge in [-0.25, -0.2) is 4.72 Å². The number of hydrogen-bond acceptors (Lipinski definition) is 4. The molecule has 1 saturated carbocycles. The van der Waals surface area contributed by atoms with Crippen molar-refractivity contribution in [2.45, 2.75) is 38.0 Å². The van der Waals surface area contributed by atoms with Crippen molar-refractivity contribution in [1.82, 2.24) is 19.0 Å². The van der Waals surface area contributed by atoms with Gasteiger partial charge in [0, 0.05) is 20.6 Å². The van der Waals surface area contributed by atoms with Crippen molar-refractivity contribution < 1.29 is 26.3 Å². The first-order chi connectivity index (χ1) is 13.0. The number of aromatic amines is 1. The van der Waals surface area contributed by atoms with Crippen LogP contribution in [0.25, 0.3) is 11.0 Å². The van der Waals surface area contributed by atoms with Crippen molar-refractivity contribution in [1.29, 1.82) is 0 Å². The number of rotatable bonds is 6. The first-order valence-electron chi connectivity index (χ1n) is 8.95. The molecule has 1 fully saturated rings. The molecule has 11 heteroatoms. The average molecular weight is 420 g/mol. The Kier molecular flexibility index (Phi) is 5.87. The maximum atomic E-state index is 12.8. The first-order valence-corrected chi connectivity index (χ1v) is 10.4. The third kappa shape index (κ3) is 4.95. The normalized spacial score (nSPS) is 21.4. The first kappa shape index (κ1) is 20.9. The summed E-state index contributed by atoms with van der Waals surface area (Å²) in [5.74, 6) is 0.222. The van der Waals surface area contributed by atoms with Gasteiger partial charge in [-0.05, 0) is 49.8 Å². The maximum absolute atomic E-state index is 12.8. The molecule has 1 aliphatic carbocycles. The Balaban J connectivity index is 1.55. The molecule has 7 nitrogen and oxygen atoms in total. The molecule has 2 aromatic rings. The smallest absolute Gasteiger partial charge is 0.416 e. The number of benzene rings is 1. The molecule has 0 amide bonds. The summed E-state index contributed by atoms with van der Waals surface area (Å²) < 4.78 is 71.4. The largest absolute Gasteiger partial charge is 0.461 e. The van der Waals surface area contributed by atoms with E-state index in [-0.39, 0.29) is 23.5 Å². The molecule has 156 valence electrons. The highest BCUT2D eigenvalue weighted by Gasteiger charge is 2.31. The summed E-state index contributed by atoms with van der Waals surface area (Å²) in [4.78, 5) is 6.99. The number of halogens is 3. The Bertz CT molecular complexity index is 919. The lowest BCUT2D eigenvalue weighted by Gasteiger charge is -2.28. The third-order valence-electron chi connectivity index (χ3n) is 4.89. The summed E-state index contributed by atoms with van der Waals surface area (Å²) in [5, 5.41) is 0. The Hall–Kier alpha value is -1.85. The van der Waals surface area contributed by atoms with Gasteiger partial charge in [-0.1, -0.05) is 0 Å². The van der Waals surface area contributed by atoms with Crippen LogP contribution in [0.4, 0.5) is 13.2 Å². The number of nitrogens with zero attached hydrogens (tertiary/aromatic N) is 2. The fourth-order valence-electron chi connectivity index (χ4n) is 3.18. The van der Waals surface area contributed by atoms with Crippen molar-refractivity contribution in [3.05, 3.63) is 23.8 Å². The standard InChI is InChI=1S/C17H23F3N4O3S/c1-24(2)28(25,26)21-10-11-3-6-13(7-4-11)27-16-22-14-8-5-12(17(18,19)20)9-15(14)23-16/h5,8-9,11,13,21H,3-4,6-7,10H2,1-2H3,(H,22,23). The van der Waals surface area contributed by atoms with Gasteiger partial charge in [-0.3, -0.25) is 0 Å². The van der Waals surface area contributed by atoms with Gasteiger partial charge in [0.15, 0.2) is 0 Å². The van der Waals surface area contributed by atoms with Crippen molar-refractivity contribution in [2.75, 3.05) is 20.6 Å². The molecule has 0 saturated heterocycles. The Morgan fingerprint density at radius 3 is 2.54 bits per heavy atom. The van der Waals surface area contributed by atoms with Gasteiger partial charge in [-0.15, -0.1) is 0 Å². The molecule has 1 aliphatic rings. The van der Waals surface area contributed by atoms with Gasteiger partial charge in [0.2, 0.25) is 0 Å². The summed E-state index contributed by atoms with van der Waals surface area (Å²) in [5.41, 5.74) is -0.0535. The van der Waals surface area contributed by atoms with Crippen LogP contribution >= 0.6 is 0 Å². The van der Waals surface area contributed by atoms with Gasteiger partial charge < -0.3 is 9.72 Å². The van der Waals surface area contributed by atoms with Crippen LogP contribution in [-0.2, 0) is 16.4 Å². The summed E-state index contributed by atoms with van der Waals surface area (Å²) in [7, 11) is -0.491. The summed E-state index contributed by atoms with van der Waals surface area (Å²) >= 11 is 0. The second kappa shape index (κ2) is 7.88. The highest BCUT2D eigenvalue weighted by atomic mass is 32.2. The minimum absolute atomic E-state index is 0.107. The van der Waals surface area contributed by atoms with E-state index in [1.54, 1.807) is 0 Å². The Labute approximate surface area is 161 Å². The van der Waals surface area contributed by atoms with Crippen molar-refractivity contribution >= 4 is 21.2 Å². The molecule has 28 heavy (non-hydrogen) atoms. The zero-order chi connectivity index (χ0) is 20.5. The van der Waals surface area contributed by atoms with E-state index in [4.69, 9.17) is 4.74 Å². The fourth-order valence-corrected chi connectivity index (χ4v) is 3.89. The molecule has 1 aromatic heterocycles. The number of ether oxygens (including phenoxy) is 1. The number of imidazole rings is 1. The van der Waals surface area contributed by atoms with Gasteiger partial charge in [0.05, 0.1) is 16.6 Å². The fraction of sp³-hybridized carbons (Fsp3) is 0.588. The van der Waals surface area contributed by atoms with E-state index < -0.39 is 21.9 Å². The molecule has 0 aliphatic heterocycles. The van der Waals surface area contributed by atoms with Crippen LogP contribution in [0.2, 0.25) is 0 Å². The van der Waals surface area contributed by atoms with Gasteiger partial charge in [-0.2, -0.15) is 30.9 Å². The van der Waals surface area contributed by atoms with Crippen molar-refractivity contribution in [2.24, 2.45) is 5.92 Å². The number of aromatic nitrogens is 2. The van der Waals surface area contributed by atoms with Crippen LogP contribution in [0, 0.1) is 5.92 Å². The number of H-pyrrole nitrogens is 1. The van der Waals surface area contributed by atoms with E-state index in [0.29, 0.717) is 12.1 Å². The minimum Gasteiger partial charge on any atom is -0.461 e. The lowest BCUT2D eigenvalue weighted by Crippen LogP contribution is -2.39. The molecule has 0 atom stereocenters. The second-order valence-corrected chi connectivity index (χ2v) is 9.14. The van der Waals surface area contributed by atoms with Crippen LogP contribution in [0.1, 0.15) is 31.2 Å². The van der Waals surface area contributed by atoms with E-state index >= 15 is 0 Å². The molecule has 0 unspecified atom stereocenters. The quantitative estimate of drug-likeness (QED) is 0.752. The average Bonchev–Trinajstić information content (AvgIpc) is 3.01. The number of nitrogens with one attached hydrogen (secondary N) is 2. The van der Waals surface area contributed by atoms with Crippen LogP contribution in [0.15, 0.2) is 18.2 Å². The van der Waals surface area contributed by atoms with E-state index in [1.807, 2.05) is 0 Å². The molecular weight excluding hydrogens is 397 g/mol. The SMILES string of the molecule is CN(C)S(=O)(=O)NCC1CCC(Oc2nc3ccc(C(F)(F)F)cc3[nH]2)CC1. The lowest BCUT2D eigenvalue weighted by atomic mass is 9.87. The summed E-state index contributed by atoms with van der Waals surface area (Å²) in [6.07, 6.45) is -1.49. The van der Waals surface area contributed by atoms with Crippen LogP contribution in [0.3, 0.4) is 0 Å². The zero-order valence-electron chi connectivity index (χ0n) is 15.6. The predicted octanol–water partition coefficient (Wildman–Crippen LogP) is 2.92. The monoisotopic (exact) mass is 420 g/mol. The third-order valence-corrected chi connectivity index (χ3v) is 6.39. The molecule has 0 spiro atoms. The Morgan fingerprint density at radius 2 is 1.93 bits per heavy atom. The molecule has 1 heterocycles. The van der Waals surface area contributed by atoms with Gasteiger partial charge in [0.1, 0.15) is 6.10 Å². The van der Waals surface area contributed by atoms with Crippen molar-refractivity contribution in [3.63, 3.8) is 0 Å². The predicted molar refractivity (Wildman–Crippen MR) is 98.1 cm³/mol. The molecule has 2 N–H and O–H groups in total.